The van der Waals surface area contributed by atoms with Gasteiger partial charge in [0, 0.05) is 25.4 Å². The first-order valence-corrected chi connectivity index (χ1v) is 9.13. The van der Waals surface area contributed by atoms with Crippen LogP contribution in [0.2, 0.25) is 5.02 Å². The number of azo groups is 1. The van der Waals surface area contributed by atoms with Crippen LogP contribution >= 0.6 is 11.6 Å². The van der Waals surface area contributed by atoms with Crippen molar-refractivity contribution in [3.63, 3.8) is 0 Å². The number of carbonyl (C=O) groups excluding carboxylic acids is 2. The Morgan fingerprint density at radius 1 is 1.24 bits per heavy atom. The van der Waals surface area contributed by atoms with Crippen LogP contribution in [0.25, 0.3) is 10.9 Å². The van der Waals surface area contributed by atoms with Gasteiger partial charge in [-0.25, -0.2) is 0 Å². The van der Waals surface area contributed by atoms with Gasteiger partial charge in [-0.15, -0.1) is 10.2 Å². The first-order valence-electron chi connectivity index (χ1n) is 8.75. The molecule has 150 valence electrons. The van der Waals surface area contributed by atoms with Crippen molar-refractivity contribution < 1.29 is 19.4 Å². The first kappa shape index (κ1) is 20.3. The Bertz CT molecular complexity index is 1110. The van der Waals surface area contributed by atoms with Crippen molar-refractivity contribution in [1.29, 1.82) is 0 Å². The quantitative estimate of drug-likeness (QED) is 0.595. The SMILES string of the molecule is COc1ccc2c(c1)c(N=NC(=O)CCNC(=O)c1ccccc1Cl)c(O)n2C. The Hall–Kier alpha value is -3.39. The molecule has 0 unspecified atom stereocenters. The topological polar surface area (TPSA) is 105 Å². The minimum absolute atomic E-state index is 0.0471. The van der Waals surface area contributed by atoms with E-state index in [1.807, 2.05) is 0 Å². The molecule has 2 aromatic carbocycles. The molecule has 9 heteroatoms. The molecule has 2 amide bonds. The van der Waals surface area contributed by atoms with Crippen molar-refractivity contribution in [3.8, 4) is 11.6 Å². The number of amides is 2. The number of fused-ring (bicyclic) bond motifs is 1. The molecule has 29 heavy (non-hydrogen) atoms. The Labute approximate surface area is 171 Å². The van der Waals surface area contributed by atoms with Gasteiger partial charge in [-0.3, -0.25) is 9.59 Å². The molecular formula is C20H19ClN4O4. The summed E-state index contributed by atoms with van der Waals surface area (Å²) in [6.45, 7) is 0.0806. The molecule has 0 aliphatic carbocycles. The van der Waals surface area contributed by atoms with Gasteiger partial charge in [0.15, 0.2) is 5.69 Å². The molecule has 2 N–H and O–H groups in total. The Balaban J connectivity index is 1.66. The fourth-order valence-corrected chi connectivity index (χ4v) is 3.02. The maximum absolute atomic E-state index is 12.1. The maximum atomic E-state index is 12.1. The van der Waals surface area contributed by atoms with Crippen LogP contribution in [-0.2, 0) is 11.8 Å². The highest BCUT2D eigenvalue weighted by Gasteiger charge is 2.16. The van der Waals surface area contributed by atoms with Crippen molar-refractivity contribution in [1.82, 2.24) is 9.88 Å². The van der Waals surface area contributed by atoms with Crippen LogP contribution in [0.5, 0.6) is 11.6 Å². The lowest BCUT2D eigenvalue weighted by molar-refractivity contribution is -0.118. The Morgan fingerprint density at radius 2 is 2.00 bits per heavy atom. The number of ether oxygens (including phenoxy) is 1. The van der Waals surface area contributed by atoms with E-state index in [0.717, 1.165) is 5.52 Å². The van der Waals surface area contributed by atoms with Gasteiger partial charge in [0.1, 0.15) is 5.75 Å². The van der Waals surface area contributed by atoms with Crippen LogP contribution in [0.4, 0.5) is 5.69 Å². The summed E-state index contributed by atoms with van der Waals surface area (Å²) in [6.07, 6.45) is -0.0471. The molecule has 3 rings (SSSR count). The van der Waals surface area contributed by atoms with Gasteiger partial charge in [-0.05, 0) is 30.3 Å². The van der Waals surface area contributed by atoms with Gasteiger partial charge in [0.05, 0.1) is 23.2 Å². The number of aromatic nitrogens is 1. The second-order valence-electron chi connectivity index (χ2n) is 6.19. The zero-order valence-corrected chi connectivity index (χ0v) is 16.6. The van der Waals surface area contributed by atoms with E-state index in [1.54, 1.807) is 49.5 Å². The van der Waals surface area contributed by atoms with Crippen LogP contribution in [0.3, 0.4) is 0 Å². The second kappa shape index (κ2) is 8.74. The maximum Gasteiger partial charge on any atom is 0.266 e. The molecule has 3 aromatic rings. The summed E-state index contributed by atoms with van der Waals surface area (Å²) < 4.78 is 6.73. The molecule has 0 fully saturated rings. The summed E-state index contributed by atoms with van der Waals surface area (Å²) in [6, 6.07) is 11.9. The molecule has 0 radical (unpaired) electrons. The second-order valence-corrected chi connectivity index (χ2v) is 6.60. The summed E-state index contributed by atoms with van der Waals surface area (Å²) >= 11 is 5.97. The molecule has 0 saturated heterocycles. The van der Waals surface area contributed by atoms with E-state index in [0.29, 0.717) is 21.7 Å². The van der Waals surface area contributed by atoms with E-state index in [1.165, 1.54) is 11.7 Å². The van der Waals surface area contributed by atoms with Crippen molar-refractivity contribution in [2.24, 2.45) is 17.3 Å². The number of nitrogens with zero attached hydrogens (tertiary/aromatic N) is 3. The predicted molar refractivity (Wildman–Crippen MR) is 109 cm³/mol. The zero-order valence-electron chi connectivity index (χ0n) is 15.8. The fraction of sp³-hybridized carbons (Fsp3) is 0.200. The predicted octanol–water partition coefficient (Wildman–Crippen LogP) is 3.98. The van der Waals surface area contributed by atoms with Gasteiger partial charge >= 0.3 is 0 Å². The number of hydrogen-bond acceptors (Lipinski definition) is 5. The van der Waals surface area contributed by atoms with Crippen molar-refractivity contribution in [2.45, 2.75) is 6.42 Å². The number of rotatable bonds is 6. The molecule has 0 spiro atoms. The summed E-state index contributed by atoms with van der Waals surface area (Å²) in [5.41, 5.74) is 1.23. The highest BCUT2D eigenvalue weighted by molar-refractivity contribution is 6.33. The number of carbonyl (C=O) groups is 2. The number of aryl methyl sites for hydroxylation is 1. The third-order valence-electron chi connectivity index (χ3n) is 4.35. The van der Waals surface area contributed by atoms with Crippen molar-refractivity contribution >= 4 is 40.0 Å². The number of hydrogen-bond donors (Lipinski definition) is 2. The van der Waals surface area contributed by atoms with E-state index in [-0.39, 0.29) is 30.4 Å². The summed E-state index contributed by atoms with van der Waals surface area (Å²) in [4.78, 5) is 24.1. The van der Waals surface area contributed by atoms with Crippen LogP contribution < -0.4 is 10.1 Å². The van der Waals surface area contributed by atoms with Gasteiger partial charge in [0.2, 0.25) is 5.88 Å². The average molecular weight is 415 g/mol. The number of aromatic hydroxyl groups is 1. The monoisotopic (exact) mass is 414 g/mol. The molecule has 1 heterocycles. The molecule has 0 aliphatic rings. The van der Waals surface area contributed by atoms with Crippen LogP contribution in [0.1, 0.15) is 16.8 Å². The third kappa shape index (κ3) is 4.38. The molecule has 1 aromatic heterocycles. The molecular weight excluding hydrogens is 396 g/mol. The normalized spacial score (nSPS) is 11.1. The van der Waals surface area contributed by atoms with Gasteiger partial charge < -0.3 is 19.7 Å². The average Bonchev–Trinajstić information content (AvgIpc) is 2.96. The minimum atomic E-state index is -0.538. The lowest BCUT2D eigenvalue weighted by Crippen LogP contribution is -2.25. The smallest absolute Gasteiger partial charge is 0.266 e. The summed E-state index contributed by atoms with van der Waals surface area (Å²) in [5, 5.41) is 21.4. The van der Waals surface area contributed by atoms with Gasteiger partial charge in [-0.2, -0.15) is 0 Å². The van der Waals surface area contributed by atoms with E-state index in [9.17, 15) is 14.7 Å². The number of halogens is 1. The van der Waals surface area contributed by atoms with E-state index in [4.69, 9.17) is 16.3 Å². The van der Waals surface area contributed by atoms with Gasteiger partial charge in [-0.1, -0.05) is 23.7 Å². The van der Waals surface area contributed by atoms with Crippen molar-refractivity contribution in [2.75, 3.05) is 13.7 Å². The highest BCUT2D eigenvalue weighted by atomic mass is 35.5. The van der Waals surface area contributed by atoms with E-state index < -0.39 is 5.91 Å². The van der Waals surface area contributed by atoms with E-state index in [2.05, 4.69) is 15.5 Å². The largest absolute Gasteiger partial charge is 0.497 e. The highest BCUT2D eigenvalue weighted by Crippen LogP contribution is 2.39. The summed E-state index contributed by atoms with van der Waals surface area (Å²) in [7, 11) is 3.21. The molecule has 0 atom stereocenters. The van der Waals surface area contributed by atoms with Crippen LogP contribution in [-0.4, -0.2) is 35.1 Å². The lowest BCUT2D eigenvalue weighted by Gasteiger charge is -2.04. The first-order chi connectivity index (χ1) is 13.9. The Kier molecular flexibility index (Phi) is 6.13. The number of benzene rings is 2. The lowest BCUT2D eigenvalue weighted by atomic mass is 10.2. The molecule has 0 bridgehead atoms. The van der Waals surface area contributed by atoms with E-state index >= 15 is 0 Å². The third-order valence-corrected chi connectivity index (χ3v) is 4.68. The van der Waals surface area contributed by atoms with Crippen molar-refractivity contribution in [3.05, 3.63) is 53.1 Å². The van der Waals surface area contributed by atoms with Gasteiger partial charge in [0.25, 0.3) is 11.8 Å². The molecule has 0 saturated carbocycles. The fourth-order valence-electron chi connectivity index (χ4n) is 2.80. The van der Waals surface area contributed by atoms with Crippen LogP contribution in [0, 0.1) is 0 Å². The zero-order chi connectivity index (χ0) is 21.0. The standard InChI is InChI=1S/C20H19ClN4O4/c1-25-16-8-7-12(29-2)11-14(16)18(20(25)28)24-23-17(26)9-10-22-19(27)13-5-3-4-6-15(13)21/h3-8,11,28H,9-10H2,1-2H3,(H,22,27). The number of nitrogens with one attached hydrogen (secondary N) is 1. The van der Waals surface area contributed by atoms with Crippen LogP contribution in [0.15, 0.2) is 52.7 Å². The number of methoxy groups -OCH3 is 1. The Morgan fingerprint density at radius 3 is 2.72 bits per heavy atom. The molecule has 0 aliphatic heterocycles. The minimum Gasteiger partial charge on any atom is -0.497 e. The summed E-state index contributed by atoms with van der Waals surface area (Å²) in [5.74, 6) is -0.437. The molecule has 8 nitrogen and oxygen atoms in total.